The predicted octanol–water partition coefficient (Wildman–Crippen LogP) is 2.33. The molecule has 6 nitrogen and oxygen atoms in total. The lowest BCUT2D eigenvalue weighted by Crippen LogP contribution is -2.47. The number of nitrogens with one attached hydrogen (secondary N) is 1. The number of carbonyl (C=O) groups excluding carboxylic acids is 2. The summed E-state index contributed by atoms with van der Waals surface area (Å²) in [5, 5.41) is 22.2. The SMILES string of the molecule is CCCCCCCC(C)(O)/C=C/C(NC(=O)C(C)(C)CO)C(=O)OC. The first-order valence-corrected chi connectivity index (χ1v) is 9.01. The molecule has 0 rings (SSSR count). The molecule has 0 aliphatic rings. The molecule has 0 saturated carbocycles. The van der Waals surface area contributed by atoms with Gasteiger partial charge in [0.05, 0.1) is 24.7 Å². The first-order chi connectivity index (χ1) is 11.6. The van der Waals surface area contributed by atoms with Gasteiger partial charge < -0.3 is 20.3 Å². The molecule has 25 heavy (non-hydrogen) atoms. The van der Waals surface area contributed by atoms with Crippen molar-refractivity contribution in [2.75, 3.05) is 13.7 Å². The molecular weight excluding hydrogens is 322 g/mol. The molecule has 0 saturated heterocycles. The van der Waals surface area contributed by atoms with Crippen LogP contribution in [0, 0.1) is 5.41 Å². The number of methoxy groups -OCH3 is 1. The number of unbranched alkanes of at least 4 members (excludes halogenated alkanes) is 4. The van der Waals surface area contributed by atoms with E-state index in [9.17, 15) is 19.8 Å². The second kappa shape index (κ2) is 11.3. The Kier molecular flexibility index (Phi) is 10.6. The molecule has 0 aromatic rings. The van der Waals surface area contributed by atoms with E-state index >= 15 is 0 Å². The van der Waals surface area contributed by atoms with Crippen LogP contribution in [0.3, 0.4) is 0 Å². The maximum Gasteiger partial charge on any atom is 0.332 e. The summed E-state index contributed by atoms with van der Waals surface area (Å²) >= 11 is 0. The quantitative estimate of drug-likeness (QED) is 0.283. The normalized spacial score (nSPS) is 15.6. The Labute approximate surface area is 151 Å². The molecule has 6 heteroatoms. The second-order valence-electron chi connectivity index (χ2n) is 7.40. The monoisotopic (exact) mass is 357 g/mol. The van der Waals surface area contributed by atoms with Crippen molar-refractivity contribution < 1.29 is 24.5 Å². The molecule has 3 N–H and O–H groups in total. The highest BCUT2D eigenvalue weighted by Crippen LogP contribution is 2.18. The topological polar surface area (TPSA) is 95.9 Å². The molecule has 0 bridgehead atoms. The smallest absolute Gasteiger partial charge is 0.332 e. The molecule has 0 aliphatic heterocycles. The van der Waals surface area contributed by atoms with Crippen molar-refractivity contribution in [2.24, 2.45) is 5.41 Å². The van der Waals surface area contributed by atoms with E-state index in [2.05, 4.69) is 12.2 Å². The van der Waals surface area contributed by atoms with Crippen molar-refractivity contribution in [1.82, 2.24) is 5.32 Å². The molecule has 0 aromatic carbocycles. The third-order valence-corrected chi connectivity index (χ3v) is 4.19. The summed E-state index contributed by atoms with van der Waals surface area (Å²) in [4.78, 5) is 24.0. The molecular formula is C19H35NO5. The number of carbonyl (C=O) groups is 2. The third kappa shape index (κ3) is 9.60. The van der Waals surface area contributed by atoms with Crippen LogP contribution in [0.2, 0.25) is 0 Å². The van der Waals surface area contributed by atoms with Crippen LogP contribution in [-0.4, -0.2) is 47.4 Å². The zero-order valence-electron chi connectivity index (χ0n) is 16.3. The molecule has 0 aromatic heterocycles. The minimum Gasteiger partial charge on any atom is -0.467 e. The van der Waals surface area contributed by atoms with Crippen LogP contribution >= 0.6 is 0 Å². The fourth-order valence-corrected chi connectivity index (χ4v) is 2.19. The molecule has 2 unspecified atom stereocenters. The minimum absolute atomic E-state index is 0.341. The van der Waals surface area contributed by atoms with Gasteiger partial charge in [0.1, 0.15) is 6.04 Å². The van der Waals surface area contributed by atoms with E-state index in [1.165, 1.54) is 32.1 Å². The van der Waals surface area contributed by atoms with E-state index in [0.29, 0.717) is 6.42 Å². The summed E-state index contributed by atoms with van der Waals surface area (Å²) in [5.74, 6) is -1.09. The lowest BCUT2D eigenvalue weighted by molar-refractivity contribution is -0.145. The zero-order chi connectivity index (χ0) is 19.5. The van der Waals surface area contributed by atoms with Gasteiger partial charge in [0.2, 0.25) is 5.91 Å². The first-order valence-electron chi connectivity index (χ1n) is 9.01. The van der Waals surface area contributed by atoms with Gasteiger partial charge in [0.25, 0.3) is 0 Å². The second-order valence-corrected chi connectivity index (χ2v) is 7.40. The summed E-state index contributed by atoms with van der Waals surface area (Å²) in [5.41, 5.74) is -2.07. The van der Waals surface area contributed by atoms with E-state index in [1.54, 1.807) is 20.8 Å². The van der Waals surface area contributed by atoms with Gasteiger partial charge in [-0.2, -0.15) is 0 Å². The summed E-state index contributed by atoms with van der Waals surface area (Å²) < 4.78 is 4.70. The van der Waals surface area contributed by atoms with Gasteiger partial charge in [-0.15, -0.1) is 0 Å². The van der Waals surface area contributed by atoms with Gasteiger partial charge in [-0.25, -0.2) is 4.79 Å². The summed E-state index contributed by atoms with van der Waals surface area (Å²) in [6.45, 7) is 6.64. The number of amides is 1. The number of esters is 1. The number of hydrogen-bond acceptors (Lipinski definition) is 5. The zero-order valence-corrected chi connectivity index (χ0v) is 16.3. The van der Waals surface area contributed by atoms with Crippen LogP contribution in [0.5, 0.6) is 0 Å². The van der Waals surface area contributed by atoms with E-state index in [4.69, 9.17) is 4.74 Å². The van der Waals surface area contributed by atoms with E-state index in [1.807, 2.05) is 0 Å². The van der Waals surface area contributed by atoms with Gasteiger partial charge in [-0.05, 0) is 27.2 Å². The number of aliphatic hydroxyl groups excluding tert-OH is 1. The molecule has 146 valence electrons. The fourth-order valence-electron chi connectivity index (χ4n) is 2.19. The largest absolute Gasteiger partial charge is 0.467 e. The highest BCUT2D eigenvalue weighted by molar-refractivity contribution is 5.88. The van der Waals surface area contributed by atoms with Crippen LogP contribution in [0.1, 0.15) is 66.2 Å². The van der Waals surface area contributed by atoms with Gasteiger partial charge in [0, 0.05) is 0 Å². The minimum atomic E-state index is -1.06. The van der Waals surface area contributed by atoms with Crippen molar-refractivity contribution in [3.63, 3.8) is 0 Å². The lowest BCUT2D eigenvalue weighted by atomic mass is 9.93. The fraction of sp³-hybridized carbons (Fsp3) is 0.789. The Bertz CT molecular complexity index is 443. The number of hydrogen-bond donors (Lipinski definition) is 3. The van der Waals surface area contributed by atoms with Gasteiger partial charge >= 0.3 is 5.97 Å². The van der Waals surface area contributed by atoms with E-state index in [0.717, 1.165) is 19.3 Å². The Hall–Kier alpha value is -1.40. The molecule has 2 atom stereocenters. The first kappa shape index (κ1) is 23.6. The lowest BCUT2D eigenvalue weighted by Gasteiger charge is -2.24. The Morgan fingerprint density at radius 3 is 2.28 bits per heavy atom. The number of rotatable bonds is 12. The van der Waals surface area contributed by atoms with Gasteiger partial charge in [-0.1, -0.05) is 51.2 Å². The van der Waals surface area contributed by atoms with Crippen LogP contribution < -0.4 is 5.32 Å². The van der Waals surface area contributed by atoms with Crippen molar-refractivity contribution in [3.05, 3.63) is 12.2 Å². The average Bonchev–Trinajstić information content (AvgIpc) is 2.57. The van der Waals surface area contributed by atoms with Gasteiger partial charge in [-0.3, -0.25) is 4.79 Å². The van der Waals surface area contributed by atoms with Crippen LogP contribution in [0.15, 0.2) is 12.2 Å². The summed E-state index contributed by atoms with van der Waals surface area (Å²) in [7, 11) is 1.23. The Morgan fingerprint density at radius 2 is 1.76 bits per heavy atom. The van der Waals surface area contributed by atoms with E-state index < -0.39 is 28.9 Å². The van der Waals surface area contributed by atoms with Crippen LogP contribution in [-0.2, 0) is 14.3 Å². The maximum absolute atomic E-state index is 12.1. The van der Waals surface area contributed by atoms with Crippen LogP contribution in [0.4, 0.5) is 0 Å². The van der Waals surface area contributed by atoms with Crippen molar-refractivity contribution >= 4 is 11.9 Å². The van der Waals surface area contributed by atoms with E-state index in [-0.39, 0.29) is 6.61 Å². The molecule has 0 radical (unpaired) electrons. The average molecular weight is 357 g/mol. The van der Waals surface area contributed by atoms with Crippen molar-refractivity contribution in [3.8, 4) is 0 Å². The number of aliphatic hydroxyl groups is 2. The number of ether oxygens (including phenoxy) is 1. The highest BCUT2D eigenvalue weighted by atomic mass is 16.5. The Balaban J connectivity index is 4.81. The van der Waals surface area contributed by atoms with Crippen molar-refractivity contribution in [1.29, 1.82) is 0 Å². The molecule has 0 spiro atoms. The molecule has 0 aliphatic carbocycles. The highest BCUT2D eigenvalue weighted by Gasteiger charge is 2.30. The third-order valence-electron chi connectivity index (χ3n) is 4.19. The predicted molar refractivity (Wildman–Crippen MR) is 98.0 cm³/mol. The van der Waals surface area contributed by atoms with Crippen molar-refractivity contribution in [2.45, 2.75) is 77.9 Å². The van der Waals surface area contributed by atoms with Gasteiger partial charge in [0.15, 0.2) is 0 Å². The molecule has 0 fully saturated rings. The summed E-state index contributed by atoms with van der Waals surface area (Å²) in [6.07, 6.45) is 9.01. The Morgan fingerprint density at radius 1 is 1.16 bits per heavy atom. The van der Waals surface area contributed by atoms with Crippen LogP contribution in [0.25, 0.3) is 0 Å². The summed E-state index contributed by atoms with van der Waals surface area (Å²) in [6, 6.07) is -1.00. The maximum atomic E-state index is 12.1. The molecule has 0 heterocycles. The standard InChI is InChI=1S/C19H35NO5/c1-6-7-8-9-10-12-19(4,24)13-11-15(16(22)25-5)20-17(23)18(2,3)14-21/h11,13,15,21,24H,6-10,12,14H2,1-5H3,(H,20,23)/b13-11+. The molecule has 1 amide bonds.